The van der Waals surface area contributed by atoms with Gasteiger partial charge < -0.3 is 14.4 Å². The fourth-order valence-electron chi connectivity index (χ4n) is 4.35. The van der Waals surface area contributed by atoms with Crippen molar-refractivity contribution >= 4 is 24.2 Å². The first kappa shape index (κ1) is 20.0. The maximum atomic E-state index is 10.7. The average Bonchev–Trinajstić information content (AvgIpc) is 3.05. The summed E-state index contributed by atoms with van der Waals surface area (Å²) in [5, 5.41) is 12.1. The summed E-state index contributed by atoms with van der Waals surface area (Å²) in [6.45, 7) is 4.87. The van der Waals surface area contributed by atoms with Gasteiger partial charge in [-0.3, -0.25) is 0 Å². The van der Waals surface area contributed by atoms with E-state index in [-0.39, 0.29) is 6.61 Å². The van der Waals surface area contributed by atoms with Crippen molar-refractivity contribution in [1.29, 1.82) is 0 Å². The zero-order valence-corrected chi connectivity index (χ0v) is 17.7. The van der Waals surface area contributed by atoms with E-state index in [1.54, 1.807) is 0 Å². The molecule has 1 N–H and O–H groups in total. The van der Waals surface area contributed by atoms with Crippen LogP contribution in [0, 0.1) is 0 Å². The van der Waals surface area contributed by atoms with E-state index < -0.39 is 6.10 Å². The van der Waals surface area contributed by atoms with Gasteiger partial charge in [0.2, 0.25) is 0 Å². The number of rotatable bonds is 7. The second kappa shape index (κ2) is 8.58. The molecule has 0 fully saturated rings. The van der Waals surface area contributed by atoms with E-state index >= 15 is 0 Å². The molecule has 0 saturated carbocycles. The molecule has 6 heteroatoms. The van der Waals surface area contributed by atoms with E-state index in [4.69, 9.17) is 4.74 Å². The molecule has 152 valence electrons. The predicted octanol–water partition coefficient (Wildman–Crippen LogP) is 2.13. The molecule has 0 spiro atoms. The van der Waals surface area contributed by atoms with Gasteiger partial charge in [-0.25, -0.2) is 9.97 Å². The van der Waals surface area contributed by atoms with Crippen molar-refractivity contribution in [2.75, 3.05) is 6.61 Å². The lowest BCUT2D eigenvalue weighted by Crippen LogP contribution is -2.25. The van der Waals surface area contributed by atoms with E-state index in [9.17, 15) is 5.11 Å². The van der Waals surface area contributed by atoms with E-state index in [0.29, 0.717) is 12.6 Å². The van der Waals surface area contributed by atoms with Crippen LogP contribution in [0.3, 0.4) is 0 Å². The number of hydrogen-bond acceptors (Lipinski definition) is 4. The molecule has 1 aliphatic rings. The van der Waals surface area contributed by atoms with Gasteiger partial charge in [-0.15, -0.1) is 0 Å². The molecule has 29 heavy (non-hydrogen) atoms. The van der Waals surface area contributed by atoms with Gasteiger partial charge in [0.15, 0.2) is 0 Å². The van der Waals surface area contributed by atoms with E-state index in [1.807, 2.05) is 6.07 Å². The smallest absolute Gasteiger partial charge is 0.316 e. The quantitative estimate of drug-likeness (QED) is 0.627. The summed E-state index contributed by atoms with van der Waals surface area (Å²) in [6, 6.07) is 9.02. The Hall–Kier alpha value is -2.34. The van der Waals surface area contributed by atoms with Crippen LogP contribution >= 0.6 is 0 Å². The summed E-state index contributed by atoms with van der Waals surface area (Å²) >= 11 is 0. The van der Waals surface area contributed by atoms with Gasteiger partial charge in [-0.1, -0.05) is 31.4 Å². The first-order chi connectivity index (χ1) is 14.1. The third kappa shape index (κ3) is 4.18. The molecule has 0 amide bonds. The van der Waals surface area contributed by atoms with Crippen LogP contribution in [0.1, 0.15) is 49.3 Å². The van der Waals surface area contributed by atoms with Gasteiger partial charge in [-0.2, -0.15) is 0 Å². The highest BCUT2D eigenvalue weighted by Gasteiger charge is 2.21. The van der Waals surface area contributed by atoms with Crippen LogP contribution in [0.4, 0.5) is 0 Å². The minimum atomic E-state index is -0.614. The molecular formula is C23H30BN3O2. The van der Waals surface area contributed by atoms with Crippen molar-refractivity contribution < 1.29 is 9.84 Å². The summed E-state index contributed by atoms with van der Waals surface area (Å²) in [6.07, 6.45) is 5.75. The largest absolute Gasteiger partial charge is 0.461 e. The number of nitrogens with zero attached hydrogens (tertiary/aromatic N) is 3. The van der Waals surface area contributed by atoms with Gasteiger partial charge in [0.1, 0.15) is 20.6 Å². The van der Waals surface area contributed by atoms with Crippen LogP contribution in [-0.2, 0) is 32.2 Å². The average molecular weight is 391 g/mol. The lowest BCUT2D eigenvalue weighted by Gasteiger charge is -2.19. The van der Waals surface area contributed by atoms with Crippen molar-refractivity contribution in [2.24, 2.45) is 0 Å². The Bertz CT molecular complexity index is 993. The molecule has 3 aromatic rings. The van der Waals surface area contributed by atoms with Crippen LogP contribution in [0.5, 0.6) is 6.01 Å². The van der Waals surface area contributed by atoms with Crippen molar-refractivity contribution in [3.8, 4) is 6.01 Å². The molecule has 5 nitrogen and oxygen atoms in total. The maximum Gasteiger partial charge on any atom is 0.316 e. The fourth-order valence-corrected chi connectivity index (χ4v) is 4.35. The third-order valence-corrected chi connectivity index (χ3v) is 5.87. The summed E-state index contributed by atoms with van der Waals surface area (Å²) in [4.78, 5) is 8.89. The summed E-state index contributed by atoms with van der Waals surface area (Å²) in [7, 11) is 2.14. The lowest BCUT2D eigenvalue weighted by molar-refractivity contribution is 0.0877. The Balaban J connectivity index is 1.53. The van der Waals surface area contributed by atoms with Gasteiger partial charge >= 0.3 is 6.01 Å². The first-order valence-electron chi connectivity index (χ1n) is 10.9. The van der Waals surface area contributed by atoms with Crippen molar-refractivity contribution in [3.63, 3.8) is 0 Å². The molecule has 1 unspecified atom stereocenters. The molecule has 4 rings (SSSR count). The molecule has 0 radical (unpaired) electrons. The number of aliphatic hydroxyl groups is 1. The maximum absolute atomic E-state index is 10.7. The minimum absolute atomic E-state index is 0.191. The Morgan fingerprint density at radius 1 is 1.10 bits per heavy atom. The van der Waals surface area contributed by atoms with E-state index in [0.717, 1.165) is 37.1 Å². The zero-order valence-electron chi connectivity index (χ0n) is 17.7. The van der Waals surface area contributed by atoms with Gasteiger partial charge in [-0.05, 0) is 56.2 Å². The molecule has 1 atom stereocenters. The van der Waals surface area contributed by atoms with E-state index in [1.165, 1.54) is 40.5 Å². The summed E-state index contributed by atoms with van der Waals surface area (Å²) < 4.78 is 8.09. The molecule has 0 aliphatic heterocycles. The Labute approximate surface area is 173 Å². The predicted molar refractivity (Wildman–Crippen MR) is 119 cm³/mol. The number of aromatic nitrogens is 3. The topological polar surface area (TPSA) is 60.2 Å². The normalized spacial score (nSPS) is 14.7. The zero-order chi connectivity index (χ0) is 20.4. The number of ether oxygens (including phenoxy) is 1. The molecule has 0 saturated heterocycles. The van der Waals surface area contributed by atoms with Crippen molar-refractivity contribution in [2.45, 2.75) is 65.0 Å². The number of aliphatic hydroxyl groups excluding tert-OH is 1. The van der Waals surface area contributed by atoms with Gasteiger partial charge in [0, 0.05) is 28.0 Å². The number of fused-ring (bicyclic) bond motifs is 3. The van der Waals surface area contributed by atoms with Crippen molar-refractivity contribution in [1.82, 2.24) is 14.5 Å². The van der Waals surface area contributed by atoms with Crippen LogP contribution in [0.2, 0.25) is 0 Å². The van der Waals surface area contributed by atoms with Crippen LogP contribution < -0.4 is 10.2 Å². The highest BCUT2D eigenvalue weighted by Crippen LogP contribution is 2.32. The second-order valence-corrected chi connectivity index (χ2v) is 8.07. The number of hydrogen-bond donors (Lipinski definition) is 1. The molecule has 1 aliphatic carbocycles. The SMILES string of the molecule is Bc1ccc2c(c1)c1c(n2CC(O)COc2nc(CC)cc(CC)n2)CCCC1. The van der Waals surface area contributed by atoms with Gasteiger partial charge in [0.05, 0.1) is 6.54 Å². The van der Waals surface area contributed by atoms with Crippen LogP contribution in [-0.4, -0.2) is 40.2 Å². The molecule has 2 heterocycles. The van der Waals surface area contributed by atoms with E-state index in [2.05, 4.69) is 54.4 Å². The molecular weight excluding hydrogens is 361 g/mol. The van der Waals surface area contributed by atoms with Crippen LogP contribution in [0.15, 0.2) is 24.3 Å². The second-order valence-electron chi connectivity index (χ2n) is 8.07. The van der Waals surface area contributed by atoms with Crippen molar-refractivity contribution in [3.05, 3.63) is 46.9 Å². The number of benzene rings is 1. The fraction of sp³-hybridized carbons (Fsp3) is 0.478. The third-order valence-electron chi connectivity index (χ3n) is 5.87. The lowest BCUT2D eigenvalue weighted by atomic mass is 9.91. The molecule has 0 bridgehead atoms. The minimum Gasteiger partial charge on any atom is -0.461 e. The monoisotopic (exact) mass is 391 g/mol. The first-order valence-corrected chi connectivity index (χ1v) is 10.9. The Kier molecular flexibility index (Phi) is 5.90. The Morgan fingerprint density at radius 2 is 1.83 bits per heavy atom. The molecule has 1 aromatic carbocycles. The highest BCUT2D eigenvalue weighted by molar-refractivity contribution is 6.33. The molecule has 2 aromatic heterocycles. The Morgan fingerprint density at radius 3 is 2.55 bits per heavy atom. The van der Waals surface area contributed by atoms with Crippen LogP contribution in [0.25, 0.3) is 10.9 Å². The summed E-state index contributed by atoms with van der Waals surface area (Å²) in [5.74, 6) is 0. The standard InChI is InChI=1S/C23H30BN3O2/c1-3-16-12-17(4-2)26-23(25-16)29-14-18(28)13-27-21-8-6-5-7-19(21)20-11-15(24)9-10-22(20)27/h9-12,18,28H,3-8,13-14,24H2,1-2H3. The number of aryl methyl sites for hydroxylation is 3. The highest BCUT2D eigenvalue weighted by atomic mass is 16.5. The summed E-state index contributed by atoms with van der Waals surface area (Å²) in [5.41, 5.74) is 7.30. The van der Waals surface area contributed by atoms with Gasteiger partial charge in [0.25, 0.3) is 0 Å².